The van der Waals surface area contributed by atoms with Crippen molar-refractivity contribution < 1.29 is 0 Å². The van der Waals surface area contributed by atoms with E-state index in [9.17, 15) is 0 Å². The zero-order valence-corrected chi connectivity index (χ0v) is 10.7. The zero-order valence-electron chi connectivity index (χ0n) is 10.7. The van der Waals surface area contributed by atoms with Gasteiger partial charge >= 0.3 is 0 Å². The number of piperidine rings is 1. The van der Waals surface area contributed by atoms with Gasteiger partial charge in [-0.2, -0.15) is 5.10 Å². The maximum Gasteiger partial charge on any atom is 0.154 e. The van der Waals surface area contributed by atoms with E-state index in [4.69, 9.17) is 5.73 Å². The molecule has 2 N–H and O–H groups in total. The molecule has 0 amide bonds. The molecule has 3 heterocycles. The maximum atomic E-state index is 5.98. The fourth-order valence-electron chi connectivity index (χ4n) is 2.72. The van der Waals surface area contributed by atoms with Crippen molar-refractivity contribution >= 4 is 11.3 Å². The molecule has 96 valence electrons. The fourth-order valence-corrected chi connectivity index (χ4v) is 2.72. The van der Waals surface area contributed by atoms with Crippen molar-refractivity contribution in [3.05, 3.63) is 24.7 Å². The fraction of sp³-hybridized carbons (Fsp3) is 0.538. The number of aromatic nitrogens is 3. The Morgan fingerprint density at radius 2 is 2.11 bits per heavy atom. The van der Waals surface area contributed by atoms with Crippen LogP contribution in [-0.4, -0.2) is 33.7 Å². The van der Waals surface area contributed by atoms with Gasteiger partial charge in [0.15, 0.2) is 5.82 Å². The second kappa shape index (κ2) is 4.57. The molecule has 2 aromatic heterocycles. The van der Waals surface area contributed by atoms with Crippen molar-refractivity contribution in [1.29, 1.82) is 0 Å². The Hall–Kier alpha value is -1.62. The topological polar surface area (TPSA) is 59.5 Å². The number of fused-ring (bicyclic) bond motifs is 1. The van der Waals surface area contributed by atoms with Gasteiger partial charge in [-0.25, -0.2) is 9.50 Å². The van der Waals surface area contributed by atoms with E-state index < -0.39 is 0 Å². The van der Waals surface area contributed by atoms with Crippen molar-refractivity contribution in [3.63, 3.8) is 0 Å². The Morgan fingerprint density at radius 1 is 1.33 bits per heavy atom. The summed E-state index contributed by atoms with van der Waals surface area (Å²) < 4.78 is 1.87. The van der Waals surface area contributed by atoms with Gasteiger partial charge in [0.05, 0.1) is 6.20 Å². The number of anilines is 1. The number of hydrogen-bond acceptors (Lipinski definition) is 4. The predicted molar refractivity (Wildman–Crippen MR) is 71.6 cm³/mol. The quantitative estimate of drug-likeness (QED) is 0.866. The molecule has 5 heteroatoms. The van der Waals surface area contributed by atoms with Gasteiger partial charge in [0.2, 0.25) is 0 Å². The van der Waals surface area contributed by atoms with Crippen molar-refractivity contribution in [2.45, 2.75) is 25.8 Å². The second-order valence-corrected chi connectivity index (χ2v) is 5.10. The van der Waals surface area contributed by atoms with Crippen LogP contribution in [0.5, 0.6) is 0 Å². The predicted octanol–water partition coefficient (Wildman–Crippen LogP) is 1.29. The smallest absolute Gasteiger partial charge is 0.154 e. The molecule has 0 spiro atoms. The normalized spacial score (nSPS) is 19.3. The van der Waals surface area contributed by atoms with Crippen LogP contribution >= 0.6 is 0 Å². The van der Waals surface area contributed by atoms with E-state index in [1.165, 1.54) is 0 Å². The number of nitrogens with zero attached hydrogens (tertiary/aromatic N) is 4. The van der Waals surface area contributed by atoms with E-state index in [0.29, 0.717) is 12.0 Å². The zero-order chi connectivity index (χ0) is 12.5. The summed E-state index contributed by atoms with van der Waals surface area (Å²) in [6, 6.07) is 2.31. The SMILES string of the molecule is CC(N)C1CCN(c2nccn3nccc23)CC1. The molecule has 0 bridgehead atoms. The number of hydrogen-bond donors (Lipinski definition) is 1. The molecule has 1 atom stereocenters. The molecule has 1 aliphatic rings. The Labute approximate surface area is 107 Å². The highest BCUT2D eigenvalue weighted by Crippen LogP contribution is 2.25. The van der Waals surface area contributed by atoms with E-state index in [0.717, 1.165) is 37.3 Å². The van der Waals surface area contributed by atoms with Crippen LogP contribution in [0.25, 0.3) is 5.52 Å². The molecule has 1 saturated heterocycles. The van der Waals surface area contributed by atoms with Crippen molar-refractivity contribution in [2.75, 3.05) is 18.0 Å². The number of rotatable bonds is 2. The maximum absolute atomic E-state index is 5.98. The van der Waals surface area contributed by atoms with Crippen LogP contribution < -0.4 is 10.6 Å². The lowest BCUT2D eigenvalue weighted by Crippen LogP contribution is -2.40. The summed E-state index contributed by atoms with van der Waals surface area (Å²) in [6.07, 6.45) is 7.80. The van der Waals surface area contributed by atoms with Gasteiger partial charge in [0, 0.05) is 31.5 Å². The van der Waals surface area contributed by atoms with E-state index in [1.54, 1.807) is 0 Å². The Morgan fingerprint density at radius 3 is 2.83 bits per heavy atom. The first-order valence-electron chi connectivity index (χ1n) is 6.54. The van der Waals surface area contributed by atoms with Gasteiger partial charge in [0.25, 0.3) is 0 Å². The molecular weight excluding hydrogens is 226 g/mol. The summed E-state index contributed by atoms with van der Waals surface area (Å²) in [7, 11) is 0. The van der Waals surface area contributed by atoms with E-state index >= 15 is 0 Å². The molecule has 0 saturated carbocycles. The van der Waals surface area contributed by atoms with E-state index in [2.05, 4.69) is 21.9 Å². The molecule has 3 rings (SSSR count). The average molecular weight is 245 g/mol. The first kappa shape index (κ1) is 11.5. The minimum atomic E-state index is 0.297. The highest BCUT2D eigenvalue weighted by atomic mass is 15.3. The van der Waals surface area contributed by atoms with Gasteiger partial charge in [-0.1, -0.05) is 0 Å². The first-order valence-corrected chi connectivity index (χ1v) is 6.54. The van der Waals surface area contributed by atoms with Crippen molar-refractivity contribution in [3.8, 4) is 0 Å². The summed E-state index contributed by atoms with van der Waals surface area (Å²) in [5.41, 5.74) is 7.06. The van der Waals surface area contributed by atoms with Crippen LogP contribution in [0.1, 0.15) is 19.8 Å². The summed E-state index contributed by atoms with van der Waals surface area (Å²) in [5, 5.41) is 4.25. The molecule has 0 aromatic carbocycles. The summed E-state index contributed by atoms with van der Waals surface area (Å²) in [4.78, 5) is 6.85. The molecule has 5 nitrogen and oxygen atoms in total. The molecule has 18 heavy (non-hydrogen) atoms. The molecule has 1 aliphatic heterocycles. The largest absolute Gasteiger partial charge is 0.355 e. The third-order valence-corrected chi connectivity index (χ3v) is 3.89. The van der Waals surface area contributed by atoms with Crippen molar-refractivity contribution in [2.24, 2.45) is 11.7 Å². The molecule has 2 aromatic rings. The standard InChI is InChI=1S/C13H19N5/c1-10(14)11-3-7-17(8-4-11)13-12-2-5-16-18(12)9-6-15-13/h2,5-6,9-11H,3-4,7-8,14H2,1H3. The Bertz CT molecular complexity index is 525. The van der Waals surface area contributed by atoms with Gasteiger partial charge in [-0.3, -0.25) is 0 Å². The lowest BCUT2D eigenvalue weighted by atomic mass is 9.91. The third kappa shape index (κ3) is 1.95. The monoisotopic (exact) mass is 245 g/mol. The van der Waals surface area contributed by atoms with Crippen LogP contribution in [0, 0.1) is 5.92 Å². The highest BCUT2D eigenvalue weighted by molar-refractivity contribution is 5.68. The molecular formula is C13H19N5. The first-order chi connectivity index (χ1) is 8.75. The lowest BCUT2D eigenvalue weighted by Gasteiger charge is -2.34. The minimum absolute atomic E-state index is 0.297. The molecule has 1 fully saturated rings. The van der Waals surface area contributed by atoms with Crippen molar-refractivity contribution in [1.82, 2.24) is 14.6 Å². The minimum Gasteiger partial charge on any atom is -0.355 e. The summed E-state index contributed by atoms with van der Waals surface area (Å²) >= 11 is 0. The Kier molecular flexibility index (Phi) is 2.91. The van der Waals surface area contributed by atoms with Crippen LogP contribution in [0.4, 0.5) is 5.82 Å². The van der Waals surface area contributed by atoms with Crippen LogP contribution in [0.15, 0.2) is 24.7 Å². The van der Waals surface area contributed by atoms with E-state index in [1.807, 2.05) is 29.2 Å². The van der Waals surface area contributed by atoms with Crippen LogP contribution in [0.2, 0.25) is 0 Å². The number of nitrogens with two attached hydrogens (primary N) is 1. The molecule has 1 unspecified atom stereocenters. The second-order valence-electron chi connectivity index (χ2n) is 5.10. The lowest BCUT2D eigenvalue weighted by molar-refractivity contribution is 0.354. The van der Waals surface area contributed by atoms with Gasteiger partial charge in [0.1, 0.15) is 5.52 Å². The molecule has 0 aliphatic carbocycles. The van der Waals surface area contributed by atoms with Gasteiger partial charge < -0.3 is 10.6 Å². The van der Waals surface area contributed by atoms with Crippen LogP contribution in [-0.2, 0) is 0 Å². The third-order valence-electron chi connectivity index (χ3n) is 3.89. The van der Waals surface area contributed by atoms with E-state index in [-0.39, 0.29) is 0 Å². The van der Waals surface area contributed by atoms with Gasteiger partial charge in [-0.05, 0) is 31.7 Å². The summed E-state index contributed by atoms with van der Waals surface area (Å²) in [6.45, 7) is 4.17. The van der Waals surface area contributed by atoms with Gasteiger partial charge in [-0.15, -0.1) is 0 Å². The summed E-state index contributed by atoms with van der Waals surface area (Å²) in [5.74, 6) is 1.68. The molecule has 0 radical (unpaired) electrons. The van der Waals surface area contributed by atoms with Crippen LogP contribution in [0.3, 0.4) is 0 Å². The average Bonchev–Trinajstić information content (AvgIpc) is 2.87. The Balaban J connectivity index is 1.82. The highest BCUT2D eigenvalue weighted by Gasteiger charge is 2.23.